The third-order valence-electron chi connectivity index (χ3n) is 2.87. The topological polar surface area (TPSA) is 56.1 Å². The van der Waals surface area contributed by atoms with Gasteiger partial charge < -0.3 is 0 Å². The molecule has 1 heterocycles. The summed E-state index contributed by atoms with van der Waals surface area (Å²) in [6, 6.07) is 7.87. The average molecular weight is 229 g/mol. The molecule has 1 fully saturated rings. The third-order valence-corrected chi connectivity index (χ3v) is 2.87. The molecule has 0 spiro atoms. The van der Waals surface area contributed by atoms with E-state index in [2.05, 4.69) is 18.4 Å². The fourth-order valence-corrected chi connectivity index (χ4v) is 1.95. The highest BCUT2D eigenvalue weighted by molar-refractivity contribution is 5.79. The first kappa shape index (κ1) is 11.5. The lowest BCUT2D eigenvalue weighted by Gasteiger charge is -2.29. The van der Waals surface area contributed by atoms with Crippen LogP contribution >= 0.6 is 0 Å². The summed E-state index contributed by atoms with van der Waals surface area (Å²) >= 11 is 0. The Balaban J connectivity index is 2.31. The van der Waals surface area contributed by atoms with Crippen molar-refractivity contribution in [1.82, 2.24) is 5.43 Å². The number of anilines is 1. The molecule has 0 saturated carbocycles. The summed E-state index contributed by atoms with van der Waals surface area (Å²) in [5.74, 6) is 0.0386. The molecule has 1 aromatic rings. The standard InChI is InChI=1S/C13H15N3O/c1-2-10-6-11(9-14)8-12(7-10)16-5-3-4-13(17)15-16/h6-8H,2-5H2,1H3,(H,15,17). The van der Waals surface area contributed by atoms with E-state index in [1.54, 1.807) is 0 Å². The second-order valence-electron chi connectivity index (χ2n) is 4.14. The number of benzene rings is 1. The molecule has 1 saturated heterocycles. The van der Waals surface area contributed by atoms with Gasteiger partial charge in [-0.05, 0) is 36.6 Å². The van der Waals surface area contributed by atoms with Gasteiger partial charge in [0.15, 0.2) is 0 Å². The van der Waals surface area contributed by atoms with Gasteiger partial charge in [0, 0.05) is 13.0 Å². The molecule has 17 heavy (non-hydrogen) atoms. The molecule has 88 valence electrons. The van der Waals surface area contributed by atoms with Crippen LogP contribution in [0, 0.1) is 11.3 Å². The number of nitriles is 1. The van der Waals surface area contributed by atoms with Gasteiger partial charge in [-0.3, -0.25) is 15.2 Å². The summed E-state index contributed by atoms with van der Waals surface area (Å²) in [4.78, 5) is 11.3. The number of hydrogen-bond acceptors (Lipinski definition) is 3. The Labute approximate surface area is 101 Å². The molecule has 1 aliphatic heterocycles. The van der Waals surface area contributed by atoms with Gasteiger partial charge in [0.25, 0.3) is 0 Å². The molecule has 2 rings (SSSR count). The van der Waals surface area contributed by atoms with Gasteiger partial charge >= 0.3 is 0 Å². The number of aryl methyl sites for hydroxylation is 1. The lowest BCUT2D eigenvalue weighted by Crippen LogP contribution is -2.47. The van der Waals surface area contributed by atoms with Crippen molar-refractivity contribution in [1.29, 1.82) is 5.26 Å². The van der Waals surface area contributed by atoms with Crippen LogP contribution < -0.4 is 10.4 Å². The Morgan fingerprint density at radius 2 is 2.29 bits per heavy atom. The van der Waals surface area contributed by atoms with Gasteiger partial charge in [-0.25, -0.2) is 0 Å². The molecule has 1 aliphatic rings. The number of nitrogens with one attached hydrogen (secondary N) is 1. The van der Waals surface area contributed by atoms with Crippen LogP contribution in [0.5, 0.6) is 0 Å². The van der Waals surface area contributed by atoms with Crippen LogP contribution in [0.15, 0.2) is 18.2 Å². The molecule has 1 N–H and O–H groups in total. The molecule has 4 heteroatoms. The van der Waals surface area contributed by atoms with Crippen LogP contribution in [0.3, 0.4) is 0 Å². The largest absolute Gasteiger partial charge is 0.286 e. The van der Waals surface area contributed by atoms with Gasteiger partial charge in [-0.15, -0.1) is 0 Å². The number of hydrogen-bond donors (Lipinski definition) is 1. The van der Waals surface area contributed by atoms with E-state index in [0.717, 1.165) is 30.6 Å². The van der Waals surface area contributed by atoms with E-state index in [0.29, 0.717) is 12.0 Å². The second kappa shape index (κ2) is 4.88. The Morgan fingerprint density at radius 3 is 2.94 bits per heavy atom. The van der Waals surface area contributed by atoms with Gasteiger partial charge in [-0.1, -0.05) is 6.92 Å². The number of carbonyl (C=O) groups excluding carboxylic acids is 1. The molecular weight excluding hydrogens is 214 g/mol. The molecular formula is C13H15N3O. The monoisotopic (exact) mass is 229 g/mol. The summed E-state index contributed by atoms with van der Waals surface area (Å²) in [6.45, 7) is 2.85. The first-order valence-corrected chi connectivity index (χ1v) is 5.84. The van der Waals surface area contributed by atoms with Crippen LogP contribution in [0.25, 0.3) is 0 Å². The SMILES string of the molecule is CCc1cc(C#N)cc(N2CCCC(=O)N2)c1. The molecule has 1 amide bonds. The molecule has 0 atom stereocenters. The average Bonchev–Trinajstić information content (AvgIpc) is 2.38. The first-order valence-electron chi connectivity index (χ1n) is 5.84. The van der Waals surface area contributed by atoms with Gasteiger partial charge in [-0.2, -0.15) is 5.26 Å². The van der Waals surface area contributed by atoms with E-state index >= 15 is 0 Å². The summed E-state index contributed by atoms with van der Waals surface area (Å²) < 4.78 is 0. The van der Waals surface area contributed by atoms with Gasteiger partial charge in [0.2, 0.25) is 5.91 Å². The summed E-state index contributed by atoms with van der Waals surface area (Å²) in [6.07, 6.45) is 2.31. The number of hydrazine groups is 1. The molecule has 0 aliphatic carbocycles. The summed E-state index contributed by atoms with van der Waals surface area (Å²) in [5, 5.41) is 10.8. The van der Waals surface area contributed by atoms with Crippen molar-refractivity contribution in [3.63, 3.8) is 0 Å². The highest BCUT2D eigenvalue weighted by atomic mass is 16.2. The Morgan fingerprint density at radius 1 is 1.47 bits per heavy atom. The molecule has 0 aromatic heterocycles. The minimum atomic E-state index is 0.0386. The Kier molecular flexibility index (Phi) is 3.29. The molecule has 0 bridgehead atoms. The fourth-order valence-electron chi connectivity index (χ4n) is 1.95. The van der Waals surface area contributed by atoms with E-state index in [9.17, 15) is 4.79 Å². The predicted octanol–water partition coefficient (Wildman–Crippen LogP) is 1.75. The molecule has 4 nitrogen and oxygen atoms in total. The summed E-state index contributed by atoms with van der Waals surface area (Å²) in [7, 11) is 0. The van der Waals surface area contributed by atoms with Gasteiger partial charge in [0.1, 0.15) is 0 Å². The zero-order valence-electron chi connectivity index (χ0n) is 9.86. The quantitative estimate of drug-likeness (QED) is 0.840. The van der Waals surface area contributed by atoms with E-state index < -0.39 is 0 Å². The fraction of sp³-hybridized carbons (Fsp3) is 0.385. The van der Waals surface area contributed by atoms with Crippen LogP contribution in [-0.4, -0.2) is 12.5 Å². The minimum absolute atomic E-state index is 0.0386. The summed E-state index contributed by atoms with van der Waals surface area (Å²) in [5.41, 5.74) is 5.47. The smallest absolute Gasteiger partial charge is 0.238 e. The van der Waals surface area contributed by atoms with Crippen LogP contribution in [0.2, 0.25) is 0 Å². The lowest BCUT2D eigenvalue weighted by atomic mass is 10.1. The molecule has 0 unspecified atom stereocenters. The van der Waals surface area contributed by atoms with Crippen molar-refractivity contribution in [3.8, 4) is 6.07 Å². The Bertz CT molecular complexity index is 476. The van der Waals surface area contributed by atoms with Crippen LogP contribution in [0.4, 0.5) is 5.69 Å². The predicted molar refractivity (Wildman–Crippen MR) is 65.3 cm³/mol. The number of amides is 1. The highest BCUT2D eigenvalue weighted by Crippen LogP contribution is 2.20. The maximum atomic E-state index is 11.3. The van der Waals surface area contributed by atoms with Crippen molar-refractivity contribution in [2.45, 2.75) is 26.2 Å². The molecule has 1 aromatic carbocycles. The Hall–Kier alpha value is -2.02. The van der Waals surface area contributed by atoms with E-state index in [-0.39, 0.29) is 5.91 Å². The highest BCUT2D eigenvalue weighted by Gasteiger charge is 2.16. The number of nitrogens with zero attached hydrogens (tertiary/aromatic N) is 2. The van der Waals surface area contributed by atoms with Crippen molar-refractivity contribution in [2.75, 3.05) is 11.6 Å². The van der Waals surface area contributed by atoms with Crippen molar-refractivity contribution in [3.05, 3.63) is 29.3 Å². The van der Waals surface area contributed by atoms with E-state index in [1.165, 1.54) is 0 Å². The number of rotatable bonds is 2. The minimum Gasteiger partial charge on any atom is -0.286 e. The number of carbonyl (C=O) groups is 1. The van der Waals surface area contributed by atoms with Gasteiger partial charge in [0.05, 0.1) is 17.3 Å². The van der Waals surface area contributed by atoms with Crippen LogP contribution in [-0.2, 0) is 11.2 Å². The van der Waals surface area contributed by atoms with Crippen molar-refractivity contribution in [2.24, 2.45) is 0 Å². The lowest BCUT2D eigenvalue weighted by molar-refractivity contribution is -0.122. The zero-order valence-corrected chi connectivity index (χ0v) is 9.86. The first-order chi connectivity index (χ1) is 8.22. The second-order valence-corrected chi connectivity index (χ2v) is 4.14. The third kappa shape index (κ3) is 2.56. The molecule has 0 radical (unpaired) electrons. The van der Waals surface area contributed by atoms with Crippen LogP contribution in [0.1, 0.15) is 30.9 Å². The maximum absolute atomic E-state index is 11.3. The normalized spacial score (nSPS) is 15.3. The van der Waals surface area contributed by atoms with Crippen molar-refractivity contribution < 1.29 is 4.79 Å². The van der Waals surface area contributed by atoms with E-state index in [1.807, 2.05) is 23.2 Å². The van der Waals surface area contributed by atoms with E-state index in [4.69, 9.17) is 5.26 Å². The zero-order chi connectivity index (χ0) is 12.3. The maximum Gasteiger partial charge on any atom is 0.238 e. The van der Waals surface area contributed by atoms with Crippen molar-refractivity contribution >= 4 is 11.6 Å².